The molecule has 1 aromatic heterocycles. The largest absolute Gasteiger partial charge is 0.494 e. The van der Waals surface area contributed by atoms with Crippen LogP contribution in [0.5, 0.6) is 5.75 Å². The minimum absolute atomic E-state index is 0.0127. The summed E-state index contributed by atoms with van der Waals surface area (Å²) < 4.78 is 11.7. The molecule has 4 aromatic carbocycles. The summed E-state index contributed by atoms with van der Waals surface area (Å²) in [5.41, 5.74) is 6.79. The van der Waals surface area contributed by atoms with Gasteiger partial charge >= 0.3 is 0 Å². The molecule has 3 N–H and O–H groups in total. The number of aromatic nitrogens is 1. The van der Waals surface area contributed by atoms with E-state index in [9.17, 15) is 29.5 Å². The number of carbonyl (C=O) groups excluding carboxylic acids is 4. The van der Waals surface area contributed by atoms with Gasteiger partial charge in [-0.15, -0.1) is 11.3 Å². The van der Waals surface area contributed by atoms with Crippen molar-refractivity contribution in [2.75, 3.05) is 36.2 Å². The van der Waals surface area contributed by atoms with Crippen molar-refractivity contribution in [2.45, 2.75) is 91.1 Å². The summed E-state index contributed by atoms with van der Waals surface area (Å²) in [4.78, 5) is 64.0. The zero-order chi connectivity index (χ0) is 48.8. The number of carbonyl (C=O) groups is 4. The van der Waals surface area contributed by atoms with Crippen LogP contribution >= 0.6 is 23.6 Å². The Morgan fingerprint density at radius 2 is 1.60 bits per heavy atom. The van der Waals surface area contributed by atoms with Gasteiger partial charge in [0.05, 0.1) is 40.4 Å². The molecule has 16 heteroatoms. The lowest BCUT2D eigenvalue weighted by molar-refractivity contribution is -0.144. The molecule has 3 atom stereocenters. The molecule has 3 heterocycles. The number of hydrogen-bond donors (Lipinski definition) is 3. The lowest BCUT2D eigenvalue weighted by Crippen LogP contribution is -2.58. The maximum Gasteiger partial charge on any atom is 0.259 e. The third-order valence-electron chi connectivity index (χ3n) is 12.2. The molecule has 2 saturated heterocycles. The molecule has 68 heavy (non-hydrogen) atoms. The van der Waals surface area contributed by atoms with Gasteiger partial charge in [-0.25, -0.2) is 0 Å². The Morgan fingerprint density at radius 3 is 2.24 bits per heavy atom. The number of rotatable bonds is 17. The van der Waals surface area contributed by atoms with E-state index in [0.29, 0.717) is 48.2 Å². The molecule has 7 rings (SSSR count). The minimum Gasteiger partial charge on any atom is -0.494 e. The quantitative estimate of drug-likeness (QED) is 0.0619. The highest BCUT2D eigenvalue weighted by atomic mass is 32.1. The maximum absolute atomic E-state index is 14.0. The summed E-state index contributed by atoms with van der Waals surface area (Å²) in [6.07, 6.45) is 2.37. The monoisotopic (exact) mass is 955 g/mol. The maximum atomic E-state index is 14.0. The van der Waals surface area contributed by atoms with Gasteiger partial charge in [0.2, 0.25) is 17.7 Å². The zero-order valence-corrected chi connectivity index (χ0v) is 40.8. The first-order chi connectivity index (χ1) is 32.5. The van der Waals surface area contributed by atoms with Crippen molar-refractivity contribution < 1.29 is 33.8 Å². The summed E-state index contributed by atoms with van der Waals surface area (Å²) in [5, 5.41) is 26.0. The number of ether oxygens (including phenoxy) is 2. The molecular weight excluding hydrogens is 899 g/mol. The number of hydrogen-bond acceptors (Lipinski definition) is 11. The Balaban J connectivity index is 0.831. The van der Waals surface area contributed by atoms with Crippen LogP contribution in [-0.4, -0.2) is 93.8 Å². The highest BCUT2D eigenvalue weighted by molar-refractivity contribution is 7.81. The molecule has 5 aromatic rings. The van der Waals surface area contributed by atoms with Crippen molar-refractivity contribution in [1.29, 1.82) is 5.26 Å². The van der Waals surface area contributed by atoms with Crippen LogP contribution in [-0.2, 0) is 30.5 Å². The number of anilines is 2. The Bertz CT molecular complexity index is 2660. The number of likely N-dealkylation sites (tertiary alicyclic amines) is 1. The summed E-state index contributed by atoms with van der Waals surface area (Å²) in [6, 6.07) is 29.1. The number of thiocarbonyl (C=S) groups is 1. The van der Waals surface area contributed by atoms with Crippen LogP contribution in [0.4, 0.5) is 11.4 Å². The van der Waals surface area contributed by atoms with Gasteiger partial charge < -0.3 is 35.0 Å². The van der Waals surface area contributed by atoms with Gasteiger partial charge in [-0.2, -0.15) is 5.26 Å². The summed E-state index contributed by atoms with van der Waals surface area (Å²) >= 11 is 7.40. The lowest BCUT2D eigenvalue weighted by Gasteiger charge is -2.35. The van der Waals surface area contributed by atoms with Crippen LogP contribution in [0.1, 0.15) is 70.6 Å². The number of thiazole rings is 1. The second-order valence-corrected chi connectivity index (χ2v) is 19.9. The van der Waals surface area contributed by atoms with E-state index < -0.39 is 41.0 Å². The van der Waals surface area contributed by atoms with Crippen LogP contribution < -0.4 is 25.2 Å². The number of nitriles is 1. The fraction of sp³-hybridized carbons (Fsp3) is 0.365. The van der Waals surface area contributed by atoms with Crippen molar-refractivity contribution >= 4 is 63.7 Å². The summed E-state index contributed by atoms with van der Waals surface area (Å²) in [6.45, 7) is 11.8. The molecule has 0 bridgehead atoms. The van der Waals surface area contributed by atoms with Crippen LogP contribution in [0.15, 0.2) is 103 Å². The van der Waals surface area contributed by atoms with Crippen LogP contribution in [0, 0.1) is 23.7 Å². The molecule has 0 aliphatic carbocycles. The van der Waals surface area contributed by atoms with Gasteiger partial charge in [0.15, 0.2) is 5.11 Å². The second-order valence-electron chi connectivity index (χ2n) is 18.7. The van der Waals surface area contributed by atoms with E-state index in [0.717, 1.165) is 38.4 Å². The van der Waals surface area contributed by atoms with E-state index >= 15 is 0 Å². The van der Waals surface area contributed by atoms with Crippen molar-refractivity contribution in [2.24, 2.45) is 5.41 Å². The number of amides is 4. The van der Waals surface area contributed by atoms with E-state index in [1.54, 1.807) is 35.2 Å². The van der Waals surface area contributed by atoms with Gasteiger partial charge in [0.25, 0.3) is 5.91 Å². The Kier molecular flexibility index (Phi) is 15.4. The van der Waals surface area contributed by atoms with E-state index in [1.165, 1.54) is 9.80 Å². The molecule has 0 unspecified atom stereocenters. The van der Waals surface area contributed by atoms with E-state index in [2.05, 4.69) is 21.7 Å². The average Bonchev–Trinajstić information content (AvgIpc) is 4.04. The average molecular weight is 956 g/mol. The fourth-order valence-electron chi connectivity index (χ4n) is 8.35. The van der Waals surface area contributed by atoms with Gasteiger partial charge in [-0.3, -0.25) is 29.1 Å². The Hall–Kier alpha value is -6.51. The third kappa shape index (κ3) is 11.3. The van der Waals surface area contributed by atoms with Crippen molar-refractivity contribution in [3.8, 4) is 33.4 Å². The molecule has 354 valence electrons. The van der Waals surface area contributed by atoms with Gasteiger partial charge in [0.1, 0.15) is 30.0 Å². The molecule has 0 radical (unpaired) electrons. The smallest absolute Gasteiger partial charge is 0.259 e. The summed E-state index contributed by atoms with van der Waals surface area (Å²) in [7, 11) is 0. The minimum atomic E-state index is -0.955. The summed E-state index contributed by atoms with van der Waals surface area (Å²) in [5.74, 6) is -0.692. The van der Waals surface area contributed by atoms with Crippen LogP contribution in [0.3, 0.4) is 0 Å². The number of aliphatic hydroxyl groups is 1. The molecule has 14 nitrogen and oxygen atoms in total. The van der Waals surface area contributed by atoms with Crippen molar-refractivity contribution in [1.82, 2.24) is 20.5 Å². The molecule has 2 aliphatic rings. The predicted octanol–water partition coefficient (Wildman–Crippen LogP) is 7.56. The molecule has 0 spiro atoms. The normalized spacial score (nSPS) is 17.2. The number of nitrogens with zero attached hydrogens (tertiary/aromatic N) is 5. The zero-order valence-electron chi connectivity index (χ0n) is 39.2. The molecule has 0 saturated carbocycles. The van der Waals surface area contributed by atoms with Crippen LogP contribution in [0.2, 0.25) is 0 Å². The first-order valence-corrected chi connectivity index (χ1v) is 23.9. The van der Waals surface area contributed by atoms with Gasteiger partial charge in [-0.05, 0) is 122 Å². The third-order valence-corrected chi connectivity index (χ3v) is 13.4. The molecule has 2 fully saturated rings. The number of nitrogens with one attached hydrogen (secondary N) is 2. The number of benzene rings is 4. The first-order valence-electron chi connectivity index (χ1n) is 22.6. The predicted molar refractivity (Wildman–Crippen MR) is 267 cm³/mol. The van der Waals surface area contributed by atoms with Crippen molar-refractivity contribution in [3.05, 3.63) is 119 Å². The van der Waals surface area contributed by atoms with Gasteiger partial charge in [-0.1, -0.05) is 69.3 Å². The number of aliphatic hydroxyl groups excluding tert-OH is 1. The highest BCUT2D eigenvalue weighted by Gasteiger charge is 2.50. The second kappa shape index (κ2) is 21.2. The molecule has 2 aliphatic heterocycles. The topological polar surface area (TPSA) is 177 Å². The highest BCUT2D eigenvalue weighted by Crippen LogP contribution is 2.38. The molecular formula is C52H57N7O7S2. The number of aryl methyl sites for hydroxylation is 1. The lowest BCUT2D eigenvalue weighted by atomic mass is 9.85. The van der Waals surface area contributed by atoms with E-state index in [1.807, 2.05) is 125 Å². The number of unbranched alkanes of at least 4 members (excludes halogenated alkanes) is 1. The van der Waals surface area contributed by atoms with E-state index in [-0.39, 0.29) is 37.9 Å². The van der Waals surface area contributed by atoms with Gasteiger partial charge in [0, 0.05) is 38.0 Å². The SMILES string of the molecule is Cc1cc(N2C(=O)C(C)(C)N(c3ccc(-c4ccc(OCCCCOCC(=O)N[C@H](C(=O)N5C[C@H](O)C[C@H]5C(=O)NCc5ccc(-c6cncs6)cc5)C(C)(C)C)cc4)cc3)C2=S)ccc1C#N. The Morgan fingerprint density at radius 1 is 0.956 bits per heavy atom. The standard InChI is InChI=1S/C52H57N7O7S2/c1-33-25-40(20-15-38(33)27-53)58-49(64)52(5,6)59(50(58)67)39-18-13-35(14-19-39)36-16-21-42(22-17-36)66-24-8-7-23-65-31-45(61)56-46(51(2,3)4)48(63)57-30-41(60)26-43(57)47(62)55-28-34-9-11-37(12-10-34)44-29-54-32-68-44/h9-22,25,29,32,41,43,46,60H,7-8,23-24,26,28,30-31H2,1-6H3,(H,55,62)(H,56,61)/t41-,43+,46-/m1/s1. The molecule has 4 amide bonds. The number of β-amino-alcohol motifs (C(OH)–C–C–N with tert-alkyl or cyclic N) is 1. The fourth-order valence-corrected chi connectivity index (χ4v) is 9.50. The Labute approximate surface area is 406 Å². The van der Waals surface area contributed by atoms with E-state index in [4.69, 9.17) is 21.7 Å². The van der Waals surface area contributed by atoms with Crippen molar-refractivity contribution in [3.63, 3.8) is 0 Å². The first kappa shape index (κ1) is 49.4. The van der Waals surface area contributed by atoms with Crippen LogP contribution in [0.25, 0.3) is 21.6 Å².